The molecular weight excluding hydrogens is 578 g/mol. The molecule has 2 aliphatic heterocycles. The topological polar surface area (TPSA) is 147 Å². The lowest BCUT2D eigenvalue weighted by Crippen LogP contribution is -2.60. The molecule has 2 heterocycles. The molecule has 0 spiro atoms. The van der Waals surface area contributed by atoms with E-state index in [0.29, 0.717) is 58.0 Å². The maximum absolute atomic E-state index is 12.8. The SMILES string of the molecule is CCCCS(=O)(=O)NC1(C(=O)OC)CCC(N(N=C=O)N2CCC(OCC3CCN(C(=O)OC(C)(C)C)CC3)CC2)CC1. The third-order valence-corrected chi connectivity index (χ3v) is 10.0. The number of nitrogens with zero attached hydrogens (tertiary/aromatic N) is 4. The summed E-state index contributed by atoms with van der Waals surface area (Å²) in [5, 5.41) is 7.69. The Morgan fingerprint density at radius 3 is 2.21 bits per heavy atom. The van der Waals surface area contributed by atoms with Crippen molar-refractivity contribution in [2.75, 3.05) is 45.6 Å². The molecule has 13 nitrogen and oxygen atoms in total. The summed E-state index contributed by atoms with van der Waals surface area (Å²) in [6.07, 6.45) is 7.44. The van der Waals surface area contributed by atoms with Crippen LogP contribution in [0.25, 0.3) is 0 Å². The number of nitrogens with one attached hydrogen (secondary N) is 1. The highest BCUT2D eigenvalue weighted by molar-refractivity contribution is 7.89. The molecule has 0 aromatic carbocycles. The van der Waals surface area contributed by atoms with Crippen molar-refractivity contribution in [1.29, 1.82) is 0 Å². The van der Waals surface area contributed by atoms with Crippen LogP contribution in [0.3, 0.4) is 0 Å². The summed E-state index contributed by atoms with van der Waals surface area (Å²) in [5.41, 5.74) is -1.82. The van der Waals surface area contributed by atoms with Crippen LogP contribution >= 0.6 is 0 Å². The average Bonchev–Trinajstić information content (AvgIpc) is 2.97. The second kappa shape index (κ2) is 15.7. The van der Waals surface area contributed by atoms with E-state index in [-0.39, 0.29) is 36.8 Å². The van der Waals surface area contributed by atoms with Gasteiger partial charge < -0.3 is 19.1 Å². The van der Waals surface area contributed by atoms with Crippen LogP contribution in [0.2, 0.25) is 0 Å². The fraction of sp³-hybridized carbons (Fsp3) is 0.897. The smallest absolute Gasteiger partial charge is 0.410 e. The number of ether oxygens (including phenoxy) is 3. The number of methoxy groups -OCH3 is 1. The van der Waals surface area contributed by atoms with Crippen LogP contribution in [0.5, 0.6) is 0 Å². The second-order valence-corrected chi connectivity index (χ2v) is 14.8. The first kappa shape index (κ1) is 35.2. The number of piperidine rings is 2. The van der Waals surface area contributed by atoms with Gasteiger partial charge in [-0.2, -0.15) is 4.72 Å². The van der Waals surface area contributed by atoms with Crippen molar-refractivity contribution in [2.24, 2.45) is 11.0 Å². The van der Waals surface area contributed by atoms with Crippen LogP contribution in [-0.4, -0.2) is 111 Å². The number of hydrazine groups is 1. The normalized spacial score (nSPS) is 24.7. The van der Waals surface area contributed by atoms with Gasteiger partial charge in [-0.3, -0.25) is 4.79 Å². The van der Waals surface area contributed by atoms with E-state index in [4.69, 9.17) is 14.2 Å². The maximum Gasteiger partial charge on any atom is 0.410 e. The number of carbonyl (C=O) groups is 2. The summed E-state index contributed by atoms with van der Waals surface area (Å²) in [6.45, 7) is 10.8. The van der Waals surface area contributed by atoms with Gasteiger partial charge in [0.05, 0.1) is 25.0 Å². The van der Waals surface area contributed by atoms with Gasteiger partial charge in [0, 0.05) is 32.8 Å². The Labute approximate surface area is 256 Å². The maximum atomic E-state index is 12.8. The second-order valence-electron chi connectivity index (χ2n) is 13.0. The highest BCUT2D eigenvalue weighted by atomic mass is 32.2. The molecular formula is C29H51N5O8S. The van der Waals surface area contributed by atoms with Crippen molar-refractivity contribution in [1.82, 2.24) is 19.7 Å². The van der Waals surface area contributed by atoms with Crippen LogP contribution in [0, 0.1) is 5.92 Å². The number of hydrogen-bond donors (Lipinski definition) is 1. The number of carbonyl (C=O) groups excluding carboxylic acids is 3. The lowest BCUT2D eigenvalue weighted by Gasteiger charge is -2.45. The van der Waals surface area contributed by atoms with E-state index in [1.165, 1.54) is 7.11 Å². The van der Waals surface area contributed by atoms with Crippen molar-refractivity contribution in [2.45, 2.75) is 115 Å². The lowest BCUT2D eigenvalue weighted by atomic mass is 9.80. The van der Waals surface area contributed by atoms with Crippen LogP contribution in [0.1, 0.15) is 91.9 Å². The van der Waals surface area contributed by atoms with Gasteiger partial charge in [0.25, 0.3) is 6.08 Å². The molecule has 1 N–H and O–H groups in total. The Bertz CT molecular complexity index is 1070. The Hall–Kier alpha value is -2.25. The van der Waals surface area contributed by atoms with Crippen molar-refractivity contribution in [3.63, 3.8) is 0 Å². The zero-order valence-electron chi connectivity index (χ0n) is 26.5. The molecule has 1 amide bonds. The molecule has 43 heavy (non-hydrogen) atoms. The van der Waals surface area contributed by atoms with Crippen molar-refractivity contribution >= 4 is 28.2 Å². The summed E-state index contributed by atoms with van der Waals surface area (Å²) < 4.78 is 44.8. The number of unbranched alkanes of at least 4 members (excludes halogenated alkanes) is 1. The largest absolute Gasteiger partial charge is 0.468 e. The van der Waals surface area contributed by atoms with E-state index in [0.717, 1.165) is 32.1 Å². The summed E-state index contributed by atoms with van der Waals surface area (Å²) in [4.78, 5) is 38.2. The summed E-state index contributed by atoms with van der Waals surface area (Å²) in [6, 6.07) is -0.174. The van der Waals surface area contributed by atoms with Gasteiger partial charge in [-0.15, -0.1) is 0 Å². The molecule has 3 rings (SSSR count). The van der Waals surface area contributed by atoms with E-state index in [1.54, 1.807) is 16.1 Å². The fourth-order valence-electron chi connectivity index (χ4n) is 6.06. The Morgan fingerprint density at radius 2 is 1.67 bits per heavy atom. The highest BCUT2D eigenvalue weighted by Crippen LogP contribution is 2.34. The summed E-state index contributed by atoms with van der Waals surface area (Å²) in [7, 11) is -2.39. The molecule has 3 aliphatic rings. The van der Waals surface area contributed by atoms with E-state index in [9.17, 15) is 22.8 Å². The third kappa shape index (κ3) is 10.4. The van der Waals surface area contributed by atoms with Gasteiger partial charge in [0.2, 0.25) is 10.0 Å². The zero-order valence-corrected chi connectivity index (χ0v) is 27.3. The first-order valence-electron chi connectivity index (χ1n) is 15.6. The quantitative estimate of drug-likeness (QED) is 0.148. The van der Waals surface area contributed by atoms with Crippen molar-refractivity contribution in [3.8, 4) is 0 Å². The minimum absolute atomic E-state index is 0.0461. The average molecular weight is 630 g/mol. The fourth-order valence-corrected chi connectivity index (χ4v) is 7.72. The molecule has 246 valence electrons. The molecule has 0 bridgehead atoms. The molecule has 3 fully saturated rings. The van der Waals surface area contributed by atoms with Crippen molar-refractivity contribution < 1.29 is 37.0 Å². The number of esters is 1. The van der Waals surface area contributed by atoms with Gasteiger partial charge in [-0.25, -0.2) is 28.1 Å². The van der Waals surface area contributed by atoms with Crippen molar-refractivity contribution in [3.05, 3.63) is 0 Å². The first-order valence-corrected chi connectivity index (χ1v) is 17.3. The first-order chi connectivity index (χ1) is 20.3. The van der Waals surface area contributed by atoms with Gasteiger partial charge in [0.15, 0.2) is 0 Å². The number of amides is 1. The van der Waals surface area contributed by atoms with Gasteiger partial charge >= 0.3 is 12.1 Å². The van der Waals surface area contributed by atoms with E-state index in [1.807, 2.05) is 32.7 Å². The predicted octanol–water partition coefficient (Wildman–Crippen LogP) is 3.16. The molecule has 2 saturated heterocycles. The summed E-state index contributed by atoms with van der Waals surface area (Å²) in [5.74, 6) is -0.246. The number of hydrogen-bond acceptors (Lipinski definition) is 11. The standard InChI is InChI=1S/C29H51N5O8S/c1-6-7-20-43(38,39)31-29(26(36)40-5)14-8-24(9-15-29)34(30-22-35)33-18-12-25(13-19-33)41-21-23-10-16-32(17-11-23)27(37)42-28(2,3)4/h23-25,31H,6-21H2,1-5H3. The monoisotopic (exact) mass is 629 g/mol. The molecule has 0 atom stereocenters. The van der Waals surface area contributed by atoms with Crippen LogP contribution < -0.4 is 4.72 Å². The minimum atomic E-state index is -3.66. The molecule has 0 aromatic rings. The molecule has 1 saturated carbocycles. The van der Waals surface area contributed by atoms with Crippen LogP contribution in [0.15, 0.2) is 5.10 Å². The number of sulfonamides is 1. The number of rotatable bonds is 12. The Balaban J connectivity index is 1.47. The number of isocyanates is 1. The zero-order chi connectivity index (χ0) is 31.7. The molecule has 14 heteroatoms. The summed E-state index contributed by atoms with van der Waals surface area (Å²) >= 11 is 0. The highest BCUT2D eigenvalue weighted by Gasteiger charge is 2.47. The lowest BCUT2D eigenvalue weighted by molar-refractivity contribution is -0.152. The van der Waals surface area contributed by atoms with Gasteiger partial charge in [-0.05, 0) is 84.5 Å². The van der Waals surface area contributed by atoms with Crippen LogP contribution in [-0.2, 0) is 33.8 Å². The van der Waals surface area contributed by atoms with E-state index in [2.05, 4.69) is 9.82 Å². The predicted molar refractivity (Wildman–Crippen MR) is 160 cm³/mol. The van der Waals surface area contributed by atoms with Gasteiger partial charge in [0.1, 0.15) is 11.1 Å². The molecule has 0 unspecified atom stereocenters. The minimum Gasteiger partial charge on any atom is -0.468 e. The molecule has 0 aromatic heterocycles. The third-order valence-electron chi connectivity index (χ3n) is 8.51. The van der Waals surface area contributed by atoms with E-state index >= 15 is 0 Å². The molecule has 1 aliphatic carbocycles. The van der Waals surface area contributed by atoms with Crippen LogP contribution in [0.4, 0.5) is 4.79 Å². The number of hydrazone groups is 1. The Morgan fingerprint density at radius 1 is 1.05 bits per heavy atom. The number of likely N-dealkylation sites (tertiary alicyclic amines) is 1. The van der Waals surface area contributed by atoms with E-state index < -0.39 is 27.1 Å². The molecule has 0 radical (unpaired) electrons. The Kier molecular flexibility index (Phi) is 12.8. The van der Waals surface area contributed by atoms with Gasteiger partial charge in [-0.1, -0.05) is 18.4 Å².